The first-order chi connectivity index (χ1) is 6.45. The summed E-state index contributed by atoms with van der Waals surface area (Å²) in [4.78, 5) is 10.1. The Labute approximate surface area is 82.7 Å². The predicted molar refractivity (Wildman–Crippen MR) is 46.0 cm³/mol. The van der Waals surface area contributed by atoms with E-state index in [-0.39, 0.29) is 10.6 Å². The second-order valence-electron chi connectivity index (χ2n) is 2.60. The van der Waals surface area contributed by atoms with Crippen LogP contribution in [0.5, 0.6) is 0 Å². The van der Waals surface area contributed by atoms with Gasteiger partial charge in [0.1, 0.15) is 0 Å². The molecule has 1 aromatic carbocycles. The summed E-state index contributed by atoms with van der Waals surface area (Å²) in [6.45, 7) is 0. The molecule has 0 aliphatic rings. The van der Waals surface area contributed by atoms with Gasteiger partial charge < -0.3 is 0 Å². The minimum atomic E-state index is -4.67. The molecule has 6 heteroatoms. The summed E-state index contributed by atoms with van der Waals surface area (Å²) in [5.41, 5.74) is -0.250. The van der Waals surface area contributed by atoms with E-state index in [0.29, 0.717) is 0 Å². The van der Waals surface area contributed by atoms with Crippen molar-refractivity contribution in [2.24, 2.45) is 5.18 Å². The molecule has 14 heavy (non-hydrogen) atoms. The van der Waals surface area contributed by atoms with Crippen LogP contribution in [0.2, 0.25) is 5.02 Å². The number of benzene rings is 1. The minimum absolute atomic E-state index is 0.139. The monoisotopic (exact) mass is 223 g/mol. The van der Waals surface area contributed by atoms with Gasteiger partial charge >= 0.3 is 6.18 Å². The van der Waals surface area contributed by atoms with Crippen molar-refractivity contribution in [2.75, 3.05) is 0 Å². The van der Waals surface area contributed by atoms with Crippen LogP contribution in [0.1, 0.15) is 11.6 Å². The van der Waals surface area contributed by atoms with Crippen LogP contribution in [0.25, 0.3) is 0 Å². The predicted octanol–water partition coefficient (Wildman–Crippen LogP) is 3.71. The Morgan fingerprint density at radius 1 is 1.36 bits per heavy atom. The van der Waals surface area contributed by atoms with E-state index in [1.54, 1.807) is 0 Å². The molecule has 0 radical (unpaired) electrons. The highest BCUT2D eigenvalue weighted by Crippen LogP contribution is 2.36. The first-order valence-corrected chi connectivity index (χ1v) is 3.97. The molecule has 1 rings (SSSR count). The molecular formula is C8H5ClF3NO. The van der Waals surface area contributed by atoms with E-state index >= 15 is 0 Å². The maximum Gasteiger partial charge on any atom is 0.418 e. The Balaban J connectivity index is 3.07. The highest BCUT2D eigenvalue weighted by molar-refractivity contribution is 6.30. The lowest BCUT2D eigenvalue weighted by atomic mass is 10.1. The third kappa shape index (κ3) is 2.45. The number of hydrogen-bond acceptors (Lipinski definition) is 2. The molecule has 0 aliphatic carbocycles. The van der Waals surface area contributed by atoms with E-state index in [1.165, 1.54) is 12.1 Å². The van der Waals surface area contributed by atoms with Gasteiger partial charge in [-0.1, -0.05) is 28.9 Å². The largest absolute Gasteiger partial charge is 0.418 e. The van der Waals surface area contributed by atoms with Crippen LogP contribution in [0.4, 0.5) is 13.2 Å². The zero-order valence-electron chi connectivity index (χ0n) is 6.75. The number of nitrogens with zero attached hydrogens (tertiary/aromatic N) is 1. The fraction of sp³-hybridized carbons (Fsp3) is 0.250. The summed E-state index contributed by atoms with van der Waals surface area (Å²) in [5, 5.41) is 2.18. The zero-order valence-corrected chi connectivity index (χ0v) is 7.51. The maximum absolute atomic E-state index is 12.2. The second kappa shape index (κ2) is 3.96. The third-order valence-corrected chi connectivity index (χ3v) is 1.81. The van der Waals surface area contributed by atoms with Crippen LogP contribution in [-0.2, 0) is 0 Å². The summed E-state index contributed by atoms with van der Waals surface area (Å²) in [5.74, 6) is 0. The molecule has 0 saturated heterocycles. The normalized spacial score (nSPS) is 13.7. The fourth-order valence-electron chi connectivity index (χ4n) is 0.986. The van der Waals surface area contributed by atoms with Gasteiger partial charge in [0.15, 0.2) is 0 Å². The molecule has 0 saturated carbocycles. The van der Waals surface area contributed by atoms with Crippen molar-refractivity contribution in [1.82, 2.24) is 0 Å². The van der Waals surface area contributed by atoms with Crippen molar-refractivity contribution in [3.8, 4) is 0 Å². The van der Waals surface area contributed by atoms with Crippen molar-refractivity contribution >= 4 is 11.6 Å². The number of hydrogen-bond donors (Lipinski definition) is 0. The lowest BCUT2D eigenvalue weighted by molar-refractivity contribution is -0.148. The first-order valence-electron chi connectivity index (χ1n) is 3.60. The fourth-order valence-corrected chi connectivity index (χ4v) is 1.19. The van der Waals surface area contributed by atoms with Crippen LogP contribution in [-0.4, -0.2) is 6.18 Å². The molecule has 1 unspecified atom stereocenters. The van der Waals surface area contributed by atoms with E-state index in [4.69, 9.17) is 11.6 Å². The van der Waals surface area contributed by atoms with E-state index < -0.39 is 12.2 Å². The minimum Gasteiger partial charge on any atom is -0.168 e. The highest BCUT2D eigenvalue weighted by atomic mass is 35.5. The van der Waals surface area contributed by atoms with Gasteiger partial charge in [0.05, 0.1) is 0 Å². The average Bonchev–Trinajstić information content (AvgIpc) is 2.02. The lowest BCUT2D eigenvalue weighted by Crippen LogP contribution is -2.18. The Hall–Kier alpha value is -1.10. The third-order valence-electron chi connectivity index (χ3n) is 1.58. The molecule has 2 nitrogen and oxygen atoms in total. The molecule has 0 fully saturated rings. The molecule has 0 heterocycles. The average molecular weight is 224 g/mol. The number of nitroso groups, excluding NO2 is 1. The number of alkyl halides is 3. The van der Waals surface area contributed by atoms with Crippen LogP contribution < -0.4 is 0 Å². The smallest absolute Gasteiger partial charge is 0.168 e. The Bertz CT molecular complexity index is 340. The van der Waals surface area contributed by atoms with E-state index in [0.717, 1.165) is 12.1 Å². The number of rotatable bonds is 2. The molecule has 0 bridgehead atoms. The molecule has 0 aliphatic heterocycles. The summed E-state index contributed by atoms with van der Waals surface area (Å²) in [7, 11) is 0. The van der Waals surface area contributed by atoms with E-state index in [1.807, 2.05) is 5.18 Å². The molecule has 0 spiro atoms. The summed E-state index contributed by atoms with van der Waals surface area (Å²) >= 11 is 5.48. The van der Waals surface area contributed by atoms with E-state index in [9.17, 15) is 18.1 Å². The Morgan fingerprint density at radius 3 is 2.43 bits per heavy atom. The molecule has 76 valence electrons. The first kappa shape index (κ1) is 11.0. The number of halogens is 4. The van der Waals surface area contributed by atoms with Crippen molar-refractivity contribution in [3.63, 3.8) is 0 Å². The van der Waals surface area contributed by atoms with Gasteiger partial charge in [-0.15, -0.1) is 4.91 Å². The molecular weight excluding hydrogens is 219 g/mol. The highest BCUT2D eigenvalue weighted by Gasteiger charge is 2.42. The summed E-state index contributed by atoms with van der Waals surface area (Å²) in [6, 6.07) is 2.64. The topological polar surface area (TPSA) is 29.4 Å². The van der Waals surface area contributed by atoms with E-state index in [2.05, 4.69) is 0 Å². The van der Waals surface area contributed by atoms with Crippen LogP contribution in [0, 0.1) is 4.91 Å². The summed E-state index contributed by atoms with van der Waals surface area (Å²) < 4.78 is 36.6. The molecule has 0 amide bonds. The molecule has 1 aromatic rings. The van der Waals surface area contributed by atoms with Crippen molar-refractivity contribution < 1.29 is 13.2 Å². The standard InChI is InChI=1S/C8H5ClF3NO/c9-6-3-1-2-5(4-6)7(13-14)8(10,11)12/h1-4,7H. The van der Waals surface area contributed by atoms with Gasteiger partial charge in [0.2, 0.25) is 6.04 Å². The SMILES string of the molecule is O=NC(c1cccc(Cl)c1)C(F)(F)F. The van der Waals surface area contributed by atoms with Crippen molar-refractivity contribution in [2.45, 2.75) is 12.2 Å². The Morgan fingerprint density at radius 2 is 2.00 bits per heavy atom. The maximum atomic E-state index is 12.2. The quantitative estimate of drug-likeness (QED) is 0.703. The van der Waals surface area contributed by atoms with Gasteiger partial charge in [0, 0.05) is 5.02 Å². The van der Waals surface area contributed by atoms with Gasteiger partial charge in [-0.05, 0) is 17.7 Å². The van der Waals surface area contributed by atoms with Crippen LogP contribution in [0.15, 0.2) is 29.4 Å². The second-order valence-corrected chi connectivity index (χ2v) is 3.04. The molecule has 0 aromatic heterocycles. The van der Waals surface area contributed by atoms with Crippen LogP contribution in [0.3, 0.4) is 0 Å². The van der Waals surface area contributed by atoms with Crippen molar-refractivity contribution in [3.05, 3.63) is 39.8 Å². The van der Waals surface area contributed by atoms with Gasteiger partial charge in [-0.3, -0.25) is 0 Å². The summed E-state index contributed by atoms with van der Waals surface area (Å²) in [6.07, 6.45) is -4.67. The molecule has 1 atom stereocenters. The van der Waals surface area contributed by atoms with Crippen LogP contribution >= 0.6 is 11.6 Å². The zero-order chi connectivity index (χ0) is 10.8. The lowest BCUT2D eigenvalue weighted by Gasteiger charge is -2.13. The van der Waals surface area contributed by atoms with Gasteiger partial charge in [0.25, 0.3) is 0 Å². The van der Waals surface area contributed by atoms with Gasteiger partial charge in [-0.25, -0.2) is 0 Å². The Kier molecular flexibility index (Phi) is 3.10. The van der Waals surface area contributed by atoms with Gasteiger partial charge in [-0.2, -0.15) is 13.2 Å². The van der Waals surface area contributed by atoms with Crippen molar-refractivity contribution in [1.29, 1.82) is 0 Å². The molecule has 0 N–H and O–H groups in total.